The molecule has 0 aliphatic carbocycles. The Kier molecular flexibility index (Phi) is 3.80. The normalized spacial score (nSPS) is 10.6. The van der Waals surface area contributed by atoms with Crippen molar-refractivity contribution in [3.05, 3.63) is 50.9 Å². The third-order valence-corrected chi connectivity index (χ3v) is 4.63. The number of halogens is 1. The molecule has 0 atom stereocenters. The summed E-state index contributed by atoms with van der Waals surface area (Å²) < 4.78 is 2.40. The van der Waals surface area contributed by atoms with Crippen LogP contribution in [-0.4, -0.2) is 26.1 Å². The molecular weight excluding hydrogens is 354 g/mol. The summed E-state index contributed by atoms with van der Waals surface area (Å²) in [5, 5.41) is 16.1. The van der Waals surface area contributed by atoms with Crippen LogP contribution in [0.1, 0.15) is 15.5 Å². The van der Waals surface area contributed by atoms with E-state index in [1.807, 2.05) is 42.6 Å². The van der Waals surface area contributed by atoms with Crippen LogP contribution in [0.25, 0.3) is 5.69 Å². The van der Waals surface area contributed by atoms with Gasteiger partial charge >= 0.3 is 0 Å². The van der Waals surface area contributed by atoms with E-state index in [0.717, 1.165) is 10.2 Å². The number of hydrogen-bond donors (Lipinski definition) is 1. The second kappa shape index (κ2) is 5.74. The molecule has 0 bridgehead atoms. The Hall–Kier alpha value is -2.06. The molecule has 0 aliphatic heterocycles. The molecule has 21 heavy (non-hydrogen) atoms. The van der Waals surface area contributed by atoms with E-state index in [0.29, 0.717) is 16.4 Å². The lowest BCUT2D eigenvalue weighted by Crippen LogP contribution is -2.11. The molecule has 3 rings (SSSR count). The van der Waals surface area contributed by atoms with Crippen LogP contribution >= 0.6 is 27.3 Å². The average molecular weight is 364 g/mol. The van der Waals surface area contributed by atoms with Gasteiger partial charge in [-0.1, -0.05) is 6.07 Å². The van der Waals surface area contributed by atoms with Gasteiger partial charge in [-0.05, 0) is 62.9 Å². The van der Waals surface area contributed by atoms with Gasteiger partial charge in [-0.25, -0.2) is 0 Å². The monoisotopic (exact) mass is 363 g/mol. The van der Waals surface area contributed by atoms with Crippen molar-refractivity contribution in [1.29, 1.82) is 0 Å². The molecule has 2 heterocycles. The molecule has 1 aromatic carbocycles. The highest BCUT2D eigenvalue weighted by molar-refractivity contribution is 9.10. The minimum atomic E-state index is -0.150. The molecule has 3 aromatic rings. The number of carbonyl (C=O) groups excluding carboxylic acids is 1. The first-order valence-electron chi connectivity index (χ1n) is 6.05. The van der Waals surface area contributed by atoms with Gasteiger partial charge in [-0.15, -0.1) is 16.4 Å². The zero-order valence-corrected chi connectivity index (χ0v) is 13.3. The molecule has 6 nitrogen and oxygen atoms in total. The molecule has 1 N–H and O–H groups in total. The largest absolute Gasteiger partial charge is 0.321 e. The maximum absolute atomic E-state index is 12.2. The third kappa shape index (κ3) is 2.86. The highest BCUT2D eigenvalue weighted by Gasteiger charge is 2.12. The van der Waals surface area contributed by atoms with Crippen LogP contribution in [0.5, 0.6) is 0 Å². The molecule has 0 fully saturated rings. The van der Waals surface area contributed by atoms with Crippen molar-refractivity contribution in [3.63, 3.8) is 0 Å². The lowest BCUT2D eigenvalue weighted by molar-refractivity contribution is 0.103. The maximum Gasteiger partial charge on any atom is 0.266 e. The van der Waals surface area contributed by atoms with E-state index in [1.54, 1.807) is 4.68 Å². The molecule has 8 heteroatoms. The van der Waals surface area contributed by atoms with Crippen LogP contribution in [0, 0.1) is 6.92 Å². The molecule has 2 aromatic heterocycles. The lowest BCUT2D eigenvalue weighted by atomic mass is 10.2. The van der Waals surface area contributed by atoms with E-state index >= 15 is 0 Å². The molecule has 0 spiro atoms. The SMILES string of the molecule is Cc1nnnn1-c1cccc(NC(=O)c2sccc2Br)c1. The average Bonchev–Trinajstić information content (AvgIpc) is 3.07. The number of nitrogens with zero attached hydrogens (tertiary/aromatic N) is 4. The van der Waals surface area contributed by atoms with E-state index in [-0.39, 0.29) is 5.91 Å². The zero-order chi connectivity index (χ0) is 14.8. The number of nitrogens with one attached hydrogen (secondary N) is 1. The fraction of sp³-hybridized carbons (Fsp3) is 0.0769. The Morgan fingerprint density at radius 2 is 2.24 bits per heavy atom. The molecule has 1 amide bonds. The van der Waals surface area contributed by atoms with Crippen molar-refractivity contribution in [1.82, 2.24) is 20.2 Å². The van der Waals surface area contributed by atoms with Gasteiger partial charge in [-0.2, -0.15) is 4.68 Å². The molecule has 0 radical (unpaired) electrons. The van der Waals surface area contributed by atoms with Crippen LogP contribution < -0.4 is 5.32 Å². The first kappa shape index (κ1) is 13.9. The Labute approximate surface area is 132 Å². The summed E-state index contributed by atoms with van der Waals surface area (Å²) in [6, 6.07) is 9.21. The molecule has 0 saturated heterocycles. The van der Waals surface area contributed by atoms with Gasteiger partial charge in [0.25, 0.3) is 5.91 Å². The van der Waals surface area contributed by atoms with Crippen LogP contribution in [0.2, 0.25) is 0 Å². The summed E-state index contributed by atoms with van der Waals surface area (Å²) in [5.74, 6) is 0.530. The summed E-state index contributed by atoms with van der Waals surface area (Å²) in [7, 11) is 0. The Morgan fingerprint density at radius 3 is 2.90 bits per heavy atom. The standard InChI is InChI=1S/C13H10BrN5OS/c1-8-16-17-18-19(8)10-4-2-3-9(7-10)15-13(20)12-11(14)5-6-21-12/h2-7H,1H3,(H,15,20). The number of amides is 1. The van der Waals surface area contributed by atoms with E-state index in [4.69, 9.17) is 0 Å². The summed E-state index contributed by atoms with van der Waals surface area (Å²) in [5.41, 5.74) is 1.48. The smallest absolute Gasteiger partial charge is 0.266 e. The lowest BCUT2D eigenvalue weighted by Gasteiger charge is -2.07. The topological polar surface area (TPSA) is 72.7 Å². The predicted molar refractivity (Wildman–Crippen MR) is 83.9 cm³/mol. The van der Waals surface area contributed by atoms with Crippen molar-refractivity contribution < 1.29 is 4.79 Å². The number of thiophene rings is 1. The number of rotatable bonds is 3. The summed E-state index contributed by atoms with van der Waals surface area (Å²) in [6.07, 6.45) is 0. The number of aromatic nitrogens is 4. The minimum Gasteiger partial charge on any atom is -0.321 e. The van der Waals surface area contributed by atoms with Gasteiger partial charge in [0, 0.05) is 10.2 Å². The van der Waals surface area contributed by atoms with E-state index in [1.165, 1.54) is 11.3 Å². The second-order valence-corrected chi connectivity index (χ2v) is 6.01. The third-order valence-electron chi connectivity index (χ3n) is 2.80. The van der Waals surface area contributed by atoms with Gasteiger partial charge in [0.15, 0.2) is 5.82 Å². The van der Waals surface area contributed by atoms with Gasteiger partial charge in [0.2, 0.25) is 0 Å². The number of tetrazole rings is 1. The fourth-order valence-corrected chi connectivity index (χ4v) is 3.28. The van der Waals surface area contributed by atoms with Crippen LogP contribution in [0.3, 0.4) is 0 Å². The second-order valence-electron chi connectivity index (χ2n) is 4.24. The Balaban J connectivity index is 1.86. The van der Waals surface area contributed by atoms with E-state index in [9.17, 15) is 4.79 Å². The first-order valence-corrected chi connectivity index (χ1v) is 7.72. The predicted octanol–water partition coefficient (Wildman–Crippen LogP) is 3.05. The Morgan fingerprint density at radius 1 is 1.38 bits per heavy atom. The number of anilines is 1. The van der Waals surface area contributed by atoms with Gasteiger partial charge in [-0.3, -0.25) is 4.79 Å². The van der Waals surface area contributed by atoms with E-state index in [2.05, 4.69) is 36.8 Å². The highest BCUT2D eigenvalue weighted by Crippen LogP contribution is 2.24. The van der Waals surface area contributed by atoms with Gasteiger partial charge in [0.05, 0.1) is 5.69 Å². The minimum absolute atomic E-state index is 0.150. The quantitative estimate of drug-likeness (QED) is 0.775. The van der Waals surface area contributed by atoms with Gasteiger partial charge < -0.3 is 5.32 Å². The fourth-order valence-electron chi connectivity index (χ4n) is 1.83. The van der Waals surface area contributed by atoms with Crippen LogP contribution in [0.15, 0.2) is 40.2 Å². The Bertz CT molecular complexity index is 797. The molecule has 0 aliphatic rings. The molecular formula is C13H10BrN5OS. The summed E-state index contributed by atoms with van der Waals surface area (Å²) in [4.78, 5) is 12.8. The molecule has 0 unspecified atom stereocenters. The number of carbonyl (C=O) groups is 1. The van der Waals surface area contributed by atoms with Crippen molar-refractivity contribution in [3.8, 4) is 5.69 Å². The van der Waals surface area contributed by atoms with Crippen molar-refractivity contribution in [2.75, 3.05) is 5.32 Å². The number of aryl methyl sites for hydroxylation is 1. The number of benzene rings is 1. The summed E-state index contributed by atoms with van der Waals surface area (Å²) >= 11 is 4.74. The van der Waals surface area contributed by atoms with Crippen molar-refractivity contribution >= 4 is 38.9 Å². The first-order chi connectivity index (χ1) is 10.1. The highest BCUT2D eigenvalue weighted by atomic mass is 79.9. The summed E-state index contributed by atoms with van der Waals surface area (Å²) in [6.45, 7) is 1.81. The van der Waals surface area contributed by atoms with E-state index < -0.39 is 0 Å². The number of hydrogen-bond acceptors (Lipinski definition) is 5. The van der Waals surface area contributed by atoms with Gasteiger partial charge in [0.1, 0.15) is 4.88 Å². The van der Waals surface area contributed by atoms with Crippen LogP contribution in [0.4, 0.5) is 5.69 Å². The maximum atomic E-state index is 12.2. The zero-order valence-electron chi connectivity index (χ0n) is 10.9. The molecule has 106 valence electrons. The molecule has 0 saturated carbocycles. The van der Waals surface area contributed by atoms with Crippen LogP contribution in [-0.2, 0) is 0 Å². The van der Waals surface area contributed by atoms with Crippen molar-refractivity contribution in [2.24, 2.45) is 0 Å². The van der Waals surface area contributed by atoms with Crippen molar-refractivity contribution in [2.45, 2.75) is 6.92 Å².